The van der Waals surface area contributed by atoms with E-state index in [0.717, 1.165) is 39.1 Å². The number of nitrogens with one attached hydrogen (secondary N) is 1. The molecular formula is C19H33ClN4O. The molecule has 142 valence electrons. The third kappa shape index (κ3) is 6.49. The average molecular weight is 369 g/mol. The minimum Gasteiger partial charge on any atom is -0.369 e. The third-order valence-corrected chi connectivity index (χ3v) is 4.97. The molecule has 0 aliphatic carbocycles. The van der Waals surface area contributed by atoms with Gasteiger partial charge in [0.25, 0.3) is 0 Å². The zero-order chi connectivity index (χ0) is 17.5. The van der Waals surface area contributed by atoms with Crippen molar-refractivity contribution >= 4 is 24.0 Å². The smallest absolute Gasteiger partial charge is 0.237 e. The van der Waals surface area contributed by atoms with Crippen LogP contribution in [0.25, 0.3) is 0 Å². The lowest BCUT2D eigenvalue weighted by Gasteiger charge is -2.37. The number of halogens is 1. The van der Waals surface area contributed by atoms with Crippen LogP contribution in [0.4, 0.5) is 5.69 Å². The van der Waals surface area contributed by atoms with Crippen LogP contribution in [0.5, 0.6) is 0 Å². The molecule has 25 heavy (non-hydrogen) atoms. The molecule has 0 radical (unpaired) electrons. The summed E-state index contributed by atoms with van der Waals surface area (Å²) in [5, 5.41) is 3.07. The van der Waals surface area contributed by atoms with E-state index in [1.165, 1.54) is 5.69 Å². The number of nitrogens with two attached hydrogens (primary N) is 1. The molecule has 2 rings (SSSR count). The highest BCUT2D eigenvalue weighted by Gasteiger charge is 2.23. The molecule has 1 heterocycles. The zero-order valence-electron chi connectivity index (χ0n) is 15.6. The fourth-order valence-electron chi connectivity index (χ4n) is 3.11. The van der Waals surface area contributed by atoms with Crippen molar-refractivity contribution in [2.24, 2.45) is 11.7 Å². The lowest BCUT2D eigenvalue weighted by Crippen LogP contribution is -2.53. The van der Waals surface area contributed by atoms with E-state index in [4.69, 9.17) is 5.73 Å². The van der Waals surface area contributed by atoms with Gasteiger partial charge in [-0.15, -0.1) is 12.4 Å². The maximum absolute atomic E-state index is 12.2. The van der Waals surface area contributed by atoms with Gasteiger partial charge in [-0.25, -0.2) is 0 Å². The number of nitrogens with zero attached hydrogens (tertiary/aromatic N) is 2. The molecule has 0 saturated carbocycles. The van der Waals surface area contributed by atoms with Gasteiger partial charge in [0.05, 0.1) is 6.04 Å². The topological polar surface area (TPSA) is 61.6 Å². The number of rotatable bonds is 7. The summed E-state index contributed by atoms with van der Waals surface area (Å²) in [6, 6.07) is 10.3. The van der Waals surface area contributed by atoms with Crippen LogP contribution in [0, 0.1) is 5.92 Å². The van der Waals surface area contributed by atoms with E-state index in [1.807, 2.05) is 13.0 Å². The Labute approximate surface area is 158 Å². The molecule has 1 aromatic rings. The molecular weight excluding hydrogens is 336 g/mol. The summed E-state index contributed by atoms with van der Waals surface area (Å²) in [5.41, 5.74) is 7.29. The molecule has 0 bridgehead atoms. The summed E-state index contributed by atoms with van der Waals surface area (Å²) in [7, 11) is 0. The molecule has 1 aromatic carbocycles. The molecule has 1 saturated heterocycles. The van der Waals surface area contributed by atoms with Crippen molar-refractivity contribution in [3.05, 3.63) is 30.3 Å². The van der Waals surface area contributed by atoms with Gasteiger partial charge >= 0.3 is 0 Å². The summed E-state index contributed by atoms with van der Waals surface area (Å²) in [5.74, 6) is 0.186. The number of hydrogen-bond acceptors (Lipinski definition) is 4. The Balaban J connectivity index is 0.00000312. The number of anilines is 1. The molecule has 5 nitrogen and oxygen atoms in total. The second-order valence-corrected chi connectivity index (χ2v) is 6.94. The highest BCUT2D eigenvalue weighted by atomic mass is 35.5. The van der Waals surface area contributed by atoms with E-state index >= 15 is 0 Å². The van der Waals surface area contributed by atoms with Crippen molar-refractivity contribution in [1.82, 2.24) is 10.2 Å². The predicted octanol–water partition coefficient (Wildman–Crippen LogP) is 2.11. The van der Waals surface area contributed by atoms with Crippen molar-refractivity contribution < 1.29 is 4.79 Å². The van der Waals surface area contributed by atoms with E-state index < -0.39 is 6.04 Å². The number of amides is 1. The summed E-state index contributed by atoms with van der Waals surface area (Å²) in [4.78, 5) is 17.0. The molecule has 1 aliphatic heterocycles. The molecule has 3 atom stereocenters. The van der Waals surface area contributed by atoms with Gasteiger partial charge in [0.2, 0.25) is 5.91 Å². The van der Waals surface area contributed by atoms with Gasteiger partial charge in [-0.2, -0.15) is 0 Å². The van der Waals surface area contributed by atoms with Crippen molar-refractivity contribution in [3.63, 3.8) is 0 Å². The van der Waals surface area contributed by atoms with Crippen molar-refractivity contribution in [3.8, 4) is 0 Å². The van der Waals surface area contributed by atoms with Crippen molar-refractivity contribution in [2.45, 2.75) is 39.3 Å². The van der Waals surface area contributed by atoms with Gasteiger partial charge < -0.3 is 16.0 Å². The summed E-state index contributed by atoms with van der Waals surface area (Å²) in [6.07, 6.45) is 0.921. The molecule has 1 fully saturated rings. The first-order valence-corrected chi connectivity index (χ1v) is 9.09. The first-order valence-electron chi connectivity index (χ1n) is 9.09. The fourth-order valence-corrected chi connectivity index (χ4v) is 3.11. The van der Waals surface area contributed by atoms with Crippen LogP contribution in [0.1, 0.15) is 27.2 Å². The standard InChI is InChI=1S/C19H32N4O.ClH/c1-4-15(2)18(20)19(24)21-16(3)14-22-10-12-23(13-11-22)17-8-6-5-7-9-17;/h5-9,15-16,18H,4,10-14,20H2,1-3H3,(H,21,24);1H. The number of para-hydroxylation sites is 1. The molecule has 3 N–H and O–H groups in total. The van der Waals surface area contributed by atoms with E-state index in [-0.39, 0.29) is 30.3 Å². The number of benzene rings is 1. The minimum atomic E-state index is -0.410. The van der Waals surface area contributed by atoms with E-state index in [2.05, 4.69) is 53.2 Å². The van der Waals surface area contributed by atoms with Gasteiger partial charge in [0.15, 0.2) is 0 Å². The number of carbonyl (C=O) groups is 1. The van der Waals surface area contributed by atoms with Crippen molar-refractivity contribution in [1.29, 1.82) is 0 Å². The molecule has 1 amide bonds. The van der Waals surface area contributed by atoms with Gasteiger partial charge in [-0.3, -0.25) is 9.69 Å². The Kier molecular flexibility index (Phi) is 9.25. The van der Waals surface area contributed by atoms with Crippen LogP contribution in [-0.4, -0.2) is 55.6 Å². The Bertz CT molecular complexity index is 505. The first kappa shape index (κ1) is 21.7. The lowest BCUT2D eigenvalue weighted by atomic mass is 9.99. The number of piperazine rings is 1. The van der Waals surface area contributed by atoms with Crippen LogP contribution >= 0.6 is 12.4 Å². The third-order valence-electron chi connectivity index (χ3n) is 4.97. The Morgan fingerprint density at radius 1 is 1.16 bits per heavy atom. The minimum absolute atomic E-state index is 0. The average Bonchev–Trinajstić information content (AvgIpc) is 2.61. The fraction of sp³-hybridized carbons (Fsp3) is 0.632. The van der Waals surface area contributed by atoms with Crippen LogP contribution in [0.3, 0.4) is 0 Å². The van der Waals surface area contributed by atoms with Gasteiger partial charge in [0.1, 0.15) is 0 Å². The largest absolute Gasteiger partial charge is 0.369 e. The maximum Gasteiger partial charge on any atom is 0.237 e. The molecule has 1 aliphatic rings. The highest BCUT2D eigenvalue weighted by Crippen LogP contribution is 2.15. The number of carbonyl (C=O) groups excluding carboxylic acids is 1. The predicted molar refractivity (Wildman–Crippen MR) is 107 cm³/mol. The Morgan fingerprint density at radius 3 is 2.32 bits per heavy atom. The van der Waals surface area contributed by atoms with Gasteiger partial charge in [-0.1, -0.05) is 38.5 Å². The zero-order valence-corrected chi connectivity index (χ0v) is 16.5. The maximum atomic E-state index is 12.2. The number of hydrogen-bond donors (Lipinski definition) is 2. The highest BCUT2D eigenvalue weighted by molar-refractivity contribution is 5.85. The van der Waals surface area contributed by atoms with Crippen LogP contribution in [0.2, 0.25) is 0 Å². The summed E-state index contributed by atoms with van der Waals surface area (Å²) in [6.45, 7) is 11.1. The van der Waals surface area contributed by atoms with Gasteiger partial charge in [0, 0.05) is 44.5 Å². The normalized spacial score (nSPS) is 18.8. The molecule has 3 unspecified atom stereocenters. The summed E-state index contributed by atoms with van der Waals surface area (Å²) >= 11 is 0. The quantitative estimate of drug-likeness (QED) is 0.773. The lowest BCUT2D eigenvalue weighted by molar-refractivity contribution is -0.124. The van der Waals surface area contributed by atoms with Crippen LogP contribution in [-0.2, 0) is 4.79 Å². The SMILES string of the molecule is CCC(C)C(N)C(=O)NC(C)CN1CCN(c2ccccc2)CC1.Cl. The van der Waals surface area contributed by atoms with E-state index in [1.54, 1.807) is 0 Å². The second kappa shape index (κ2) is 10.6. The van der Waals surface area contributed by atoms with Crippen LogP contribution in [0.15, 0.2) is 30.3 Å². The van der Waals surface area contributed by atoms with Gasteiger partial charge in [-0.05, 0) is 25.0 Å². The second-order valence-electron chi connectivity index (χ2n) is 6.94. The first-order chi connectivity index (χ1) is 11.5. The Morgan fingerprint density at radius 2 is 1.76 bits per heavy atom. The molecule has 6 heteroatoms. The Hall–Kier alpha value is -1.30. The van der Waals surface area contributed by atoms with E-state index in [0.29, 0.717) is 0 Å². The molecule has 0 aromatic heterocycles. The monoisotopic (exact) mass is 368 g/mol. The van der Waals surface area contributed by atoms with Crippen molar-refractivity contribution in [2.75, 3.05) is 37.6 Å². The molecule has 0 spiro atoms. The van der Waals surface area contributed by atoms with Crippen LogP contribution < -0.4 is 16.0 Å². The van der Waals surface area contributed by atoms with E-state index in [9.17, 15) is 4.79 Å². The summed E-state index contributed by atoms with van der Waals surface area (Å²) < 4.78 is 0.